The van der Waals surface area contributed by atoms with Gasteiger partial charge in [0, 0.05) is 31.7 Å². The lowest BCUT2D eigenvalue weighted by atomic mass is 10.00. The second-order valence-corrected chi connectivity index (χ2v) is 7.33. The fourth-order valence-corrected chi connectivity index (χ4v) is 3.82. The zero-order chi connectivity index (χ0) is 18.7. The van der Waals surface area contributed by atoms with E-state index < -0.39 is 0 Å². The number of amides is 1. The number of piperazine rings is 1. The maximum absolute atomic E-state index is 13.1. The van der Waals surface area contributed by atoms with E-state index in [-0.39, 0.29) is 42.8 Å². The van der Waals surface area contributed by atoms with Gasteiger partial charge in [-0.1, -0.05) is 31.2 Å². The van der Waals surface area contributed by atoms with Crippen molar-refractivity contribution in [1.29, 1.82) is 0 Å². The highest BCUT2D eigenvalue weighted by molar-refractivity contribution is 5.85. The van der Waals surface area contributed by atoms with Crippen LogP contribution < -0.4 is 5.32 Å². The topological polar surface area (TPSA) is 50.2 Å². The number of aromatic nitrogens is 2. The Morgan fingerprint density at radius 2 is 1.93 bits per heavy atom. The van der Waals surface area contributed by atoms with Crippen LogP contribution in [0.5, 0.6) is 0 Å². The van der Waals surface area contributed by atoms with E-state index in [2.05, 4.69) is 54.6 Å². The van der Waals surface area contributed by atoms with Crippen LogP contribution in [0, 0.1) is 13.8 Å². The first-order chi connectivity index (χ1) is 12.5. The standard InChI is InChI=1S/C21H30N4O.2ClH/c1-5-18-6-8-19(9-7-18)20-14-22-10-11-24(20)21(26)13-17(4)25-16(3)12-15(2)23-25;;/h6-9,12,17,20,22H,5,10-11,13-14H2,1-4H3;2*1H. The molecule has 1 fully saturated rings. The maximum atomic E-state index is 13.1. The smallest absolute Gasteiger partial charge is 0.225 e. The van der Waals surface area contributed by atoms with E-state index in [4.69, 9.17) is 0 Å². The molecule has 2 unspecified atom stereocenters. The van der Waals surface area contributed by atoms with E-state index >= 15 is 0 Å². The van der Waals surface area contributed by atoms with Gasteiger partial charge in [-0.3, -0.25) is 9.48 Å². The van der Waals surface area contributed by atoms with Gasteiger partial charge in [0.15, 0.2) is 0 Å². The molecule has 1 saturated heterocycles. The van der Waals surface area contributed by atoms with E-state index in [0.29, 0.717) is 6.42 Å². The molecule has 156 valence electrons. The molecule has 0 spiro atoms. The lowest BCUT2D eigenvalue weighted by Crippen LogP contribution is -2.49. The highest BCUT2D eigenvalue weighted by Crippen LogP contribution is 2.25. The van der Waals surface area contributed by atoms with Crippen LogP contribution in [0.4, 0.5) is 0 Å². The van der Waals surface area contributed by atoms with Gasteiger partial charge in [0.05, 0.1) is 17.8 Å². The molecule has 2 heterocycles. The van der Waals surface area contributed by atoms with Gasteiger partial charge in [0.2, 0.25) is 5.91 Å². The highest BCUT2D eigenvalue weighted by atomic mass is 35.5. The first-order valence-corrected chi connectivity index (χ1v) is 9.61. The Kier molecular flexibility index (Phi) is 9.48. The molecular formula is C21H32Cl2N4O. The van der Waals surface area contributed by atoms with E-state index in [9.17, 15) is 4.79 Å². The molecule has 28 heavy (non-hydrogen) atoms. The van der Waals surface area contributed by atoms with Crippen LogP contribution in [0.2, 0.25) is 0 Å². The Balaban J connectivity index is 0.00000196. The summed E-state index contributed by atoms with van der Waals surface area (Å²) in [6.07, 6.45) is 1.51. The number of benzene rings is 1. The molecule has 0 radical (unpaired) electrons. The number of nitrogens with one attached hydrogen (secondary N) is 1. The number of carbonyl (C=O) groups excluding carboxylic acids is 1. The molecule has 1 aromatic carbocycles. The average molecular weight is 427 g/mol. The molecule has 3 rings (SSSR count). The van der Waals surface area contributed by atoms with Crippen molar-refractivity contribution in [3.8, 4) is 0 Å². The SMILES string of the molecule is CCc1ccc(C2CNCCN2C(=O)CC(C)n2nc(C)cc2C)cc1.Cl.Cl. The molecule has 5 nitrogen and oxygen atoms in total. The van der Waals surface area contributed by atoms with Crippen LogP contribution in [0.15, 0.2) is 30.3 Å². The van der Waals surface area contributed by atoms with Crippen molar-refractivity contribution in [3.05, 3.63) is 52.8 Å². The zero-order valence-electron chi connectivity index (χ0n) is 17.1. The van der Waals surface area contributed by atoms with E-state index in [1.54, 1.807) is 0 Å². The van der Waals surface area contributed by atoms with E-state index in [0.717, 1.165) is 37.4 Å². The van der Waals surface area contributed by atoms with Gasteiger partial charge in [-0.25, -0.2) is 0 Å². The van der Waals surface area contributed by atoms with Crippen molar-refractivity contribution in [2.75, 3.05) is 19.6 Å². The van der Waals surface area contributed by atoms with Crippen molar-refractivity contribution in [3.63, 3.8) is 0 Å². The lowest BCUT2D eigenvalue weighted by Gasteiger charge is -2.37. The number of hydrogen-bond donors (Lipinski definition) is 1. The second kappa shape index (κ2) is 10.8. The number of carbonyl (C=O) groups is 1. The zero-order valence-corrected chi connectivity index (χ0v) is 18.8. The maximum Gasteiger partial charge on any atom is 0.225 e. The third-order valence-electron chi connectivity index (χ3n) is 5.27. The third-order valence-corrected chi connectivity index (χ3v) is 5.27. The largest absolute Gasteiger partial charge is 0.333 e. The molecule has 0 saturated carbocycles. The predicted octanol–water partition coefficient (Wildman–Crippen LogP) is 4.03. The van der Waals surface area contributed by atoms with Gasteiger partial charge in [-0.15, -0.1) is 24.8 Å². The molecule has 2 aromatic rings. The van der Waals surface area contributed by atoms with Crippen LogP contribution >= 0.6 is 24.8 Å². The second-order valence-electron chi connectivity index (χ2n) is 7.33. The summed E-state index contributed by atoms with van der Waals surface area (Å²) in [4.78, 5) is 15.1. The summed E-state index contributed by atoms with van der Waals surface area (Å²) in [5.41, 5.74) is 4.64. The summed E-state index contributed by atoms with van der Waals surface area (Å²) in [5.74, 6) is 0.205. The number of aryl methyl sites for hydroxylation is 3. The van der Waals surface area contributed by atoms with Gasteiger partial charge in [-0.2, -0.15) is 5.10 Å². The monoisotopic (exact) mass is 426 g/mol. The van der Waals surface area contributed by atoms with Crippen LogP contribution in [0.3, 0.4) is 0 Å². The third kappa shape index (κ3) is 5.49. The average Bonchev–Trinajstić information content (AvgIpc) is 3.00. The van der Waals surface area contributed by atoms with Crippen molar-refractivity contribution >= 4 is 30.7 Å². The minimum Gasteiger partial charge on any atom is -0.333 e. The van der Waals surface area contributed by atoms with Crippen molar-refractivity contribution in [2.45, 2.75) is 52.6 Å². The van der Waals surface area contributed by atoms with Gasteiger partial charge in [0.1, 0.15) is 0 Å². The quantitative estimate of drug-likeness (QED) is 0.784. The summed E-state index contributed by atoms with van der Waals surface area (Å²) >= 11 is 0. The fraction of sp³-hybridized carbons (Fsp3) is 0.524. The summed E-state index contributed by atoms with van der Waals surface area (Å²) < 4.78 is 1.97. The molecule has 1 aliphatic rings. The molecule has 7 heteroatoms. The molecule has 2 atom stereocenters. The fourth-order valence-electron chi connectivity index (χ4n) is 3.82. The van der Waals surface area contributed by atoms with Gasteiger partial charge < -0.3 is 10.2 Å². The normalized spacial score (nSPS) is 17.4. The molecule has 1 amide bonds. The van der Waals surface area contributed by atoms with Crippen molar-refractivity contribution in [2.24, 2.45) is 0 Å². The molecule has 1 aliphatic heterocycles. The first-order valence-electron chi connectivity index (χ1n) is 9.61. The van der Waals surface area contributed by atoms with Crippen molar-refractivity contribution < 1.29 is 4.79 Å². The summed E-state index contributed by atoms with van der Waals surface area (Å²) in [5, 5.41) is 7.97. The Morgan fingerprint density at radius 3 is 2.50 bits per heavy atom. The number of rotatable bonds is 5. The molecule has 0 bridgehead atoms. The molecule has 1 aromatic heterocycles. The van der Waals surface area contributed by atoms with Crippen LogP contribution in [0.1, 0.15) is 54.9 Å². The number of nitrogens with zero attached hydrogens (tertiary/aromatic N) is 3. The van der Waals surface area contributed by atoms with Crippen LogP contribution in [-0.4, -0.2) is 40.2 Å². The molecular weight excluding hydrogens is 395 g/mol. The summed E-state index contributed by atoms with van der Waals surface area (Å²) in [6, 6.07) is 10.9. The summed E-state index contributed by atoms with van der Waals surface area (Å²) in [7, 11) is 0. The molecule has 1 N–H and O–H groups in total. The number of hydrogen-bond acceptors (Lipinski definition) is 3. The first kappa shape index (κ1) is 24.5. The number of halogens is 2. The predicted molar refractivity (Wildman–Crippen MR) is 119 cm³/mol. The van der Waals surface area contributed by atoms with E-state index in [1.807, 2.05) is 23.4 Å². The highest BCUT2D eigenvalue weighted by Gasteiger charge is 2.29. The Labute approximate surface area is 180 Å². The van der Waals surface area contributed by atoms with Gasteiger partial charge >= 0.3 is 0 Å². The van der Waals surface area contributed by atoms with Gasteiger partial charge in [0.25, 0.3) is 0 Å². The minimum absolute atomic E-state index is 0. The molecule has 0 aliphatic carbocycles. The minimum atomic E-state index is 0. The van der Waals surface area contributed by atoms with Crippen LogP contribution in [0.25, 0.3) is 0 Å². The Bertz CT molecular complexity index is 760. The lowest BCUT2D eigenvalue weighted by molar-refractivity contribution is -0.135. The van der Waals surface area contributed by atoms with Gasteiger partial charge in [-0.05, 0) is 44.4 Å². The summed E-state index contributed by atoms with van der Waals surface area (Å²) in [6.45, 7) is 10.7. The Morgan fingerprint density at radius 1 is 1.25 bits per heavy atom. The van der Waals surface area contributed by atoms with Crippen molar-refractivity contribution in [1.82, 2.24) is 20.0 Å². The van der Waals surface area contributed by atoms with Crippen LogP contribution in [-0.2, 0) is 11.2 Å². The Hall–Kier alpha value is -1.56. The van der Waals surface area contributed by atoms with E-state index in [1.165, 1.54) is 11.1 Å².